The maximum atomic E-state index is 8.95. The van der Waals surface area contributed by atoms with Gasteiger partial charge in [0, 0.05) is 32.3 Å². The number of aliphatic hydroxyl groups is 1. The molecule has 1 fully saturated rings. The number of rotatable bonds is 8. The molecule has 0 amide bonds. The Balaban J connectivity index is 2.28. The Kier molecular flexibility index (Phi) is 6.96. The topological polar surface area (TPSA) is 44.7 Å². The van der Waals surface area contributed by atoms with Crippen LogP contribution in [0.4, 0.5) is 0 Å². The molecule has 2 atom stereocenters. The maximum Gasteiger partial charge on any atom is 0.0702 e. The number of ether oxygens (including phenoxy) is 1. The largest absolute Gasteiger partial charge is 0.396 e. The maximum absolute atomic E-state index is 8.95. The van der Waals surface area contributed by atoms with E-state index in [0.717, 1.165) is 32.7 Å². The molecule has 0 spiro atoms. The van der Waals surface area contributed by atoms with Crippen LogP contribution in [0.15, 0.2) is 0 Å². The Morgan fingerprint density at radius 1 is 1.56 bits per heavy atom. The number of hydrogen-bond acceptors (Lipinski definition) is 4. The molecule has 1 aliphatic rings. The van der Waals surface area contributed by atoms with E-state index >= 15 is 0 Å². The van der Waals surface area contributed by atoms with Crippen LogP contribution >= 0.6 is 0 Å². The van der Waals surface area contributed by atoms with E-state index in [0.29, 0.717) is 12.1 Å². The van der Waals surface area contributed by atoms with E-state index in [1.165, 1.54) is 12.8 Å². The van der Waals surface area contributed by atoms with Crippen molar-refractivity contribution in [1.29, 1.82) is 0 Å². The van der Waals surface area contributed by atoms with E-state index in [9.17, 15) is 0 Å². The van der Waals surface area contributed by atoms with Crippen LogP contribution in [-0.2, 0) is 4.74 Å². The fraction of sp³-hybridized carbons (Fsp3) is 1.00. The summed E-state index contributed by atoms with van der Waals surface area (Å²) < 4.78 is 5.65. The van der Waals surface area contributed by atoms with Crippen molar-refractivity contribution in [2.45, 2.75) is 38.3 Å². The molecule has 0 saturated carbocycles. The molecule has 0 aromatic carbocycles. The minimum atomic E-state index is 0.253. The summed E-state index contributed by atoms with van der Waals surface area (Å²) in [6.07, 6.45) is 3.64. The van der Waals surface area contributed by atoms with E-state index in [4.69, 9.17) is 9.84 Å². The van der Waals surface area contributed by atoms with Gasteiger partial charge in [-0.3, -0.25) is 4.90 Å². The van der Waals surface area contributed by atoms with E-state index in [2.05, 4.69) is 17.1 Å². The van der Waals surface area contributed by atoms with Gasteiger partial charge in [-0.05, 0) is 32.9 Å². The zero-order chi connectivity index (χ0) is 11.8. The Hall–Kier alpha value is -0.160. The third kappa shape index (κ3) is 4.78. The molecule has 16 heavy (non-hydrogen) atoms. The average Bonchev–Trinajstić information content (AvgIpc) is 2.80. The lowest BCUT2D eigenvalue weighted by Crippen LogP contribution is -2.42. The first-order valence-corrected chi connectivity index (χ1v) is 6.42. The van der Waals surface area contributed by atoms with Gasteiger partial charge >= 0.3 is 0 Å². The van der Waals surface area contributed by atoms with Gasteiger partial charge in [-0.15, -0.1) is 0 Å². The van der Waals surface area contributed by atoms with Crippen molar-refractivity contribution in [1.82, 2.24) is 10.2 Å². The van der Waals surface area contributed by atoms with Crippen molar-refractivity contribution in [3.05, 3.63) is 0 Å². The Labute approximate surface area is 99.0 Å². The zero-order valence-corrected chi connectivity index (χ0v) is 10.6. The van der Waals surface area contributed by atoms with Crippen LogP contribution < -0.4 is 5.32 Å². The second-order valence-electron chi connectivity index (χ2n) is 4.49. The lowest BCUT2D eigenvalue weighted by Gasteiger charge is -2.27. The number of nitrogens with zero attached hydrogens (tertiary/aromatic N) is 1. The standard InChI is InChI=1S/C12H26N2O2/c1-3-14(9-11(13-2)6-7-15)10-12-5-4-8-16-12/h11-13,15H,3-10H2,1-2H3. The van der Waals surface area contributed by atoms with Crippen LogP contribution in [0.1, 0.15) is 26.2 Å². The normalized spacial score (nSPS) is 22.9. The van der Waals surface area contributed by atoms with Crippen molar-refractivity contribution in [2.75, 3.05) is 39.9 Å². The molecular weight excluding hydrogens is 204 g/mol. The van der Waals surface area contributed by atoms with Crippen molar-refractivity contribution in [3.63, 3.8) is 0 Å². The summed E-state index contributed by atoms with van der Waals surface area (Å²) >= 11 is 0. The van der Waals surface area contributed by atoms with Crippen molar-refractivity contribution < 1.29 is 9.84 Å². The second-order valence-corrected chi connectivity index (χ2v) is 4.49. The quantitative estimate of drug-likeness (QED) is 0.636. The molecule has 0 bridgehead atoms. The van der Waals surface area contributed by atoms with Gasteiger partial charge in [-0.25, -0.2) is 0 Å². The molecule has 4 nitrogen and oxygen atoms in total. The van der Waals surface area contributed by atoms with Gasteiger partial charge in [-0.1, -0.05) is 6.92 Å². The van der Waals surface area contributed by atoms with Gasteiger partial charge < -0.3 is 15.2 Å². The third-order valence-electron chi connectivity index (χ3n) is 3.30. The monoisotopic (exact) mass is 230 g/mol. The summed E-state index contributed by atoms with van der Waals surface area (Å²) in [6, 6.07) is 0.381. The highest BCUT2D eigenvalue weighted by molar-refractivity contribution is 4.74. The predicted molar refractivity (Wildman–Crippen MR) is 65.6 cm³/mol. The Bertz CT molecular complexity index is 172. The molecule has 0 aromatic rings. The van der Waals surface area contributed by atoms with Crippen LogP contribution in [0, 0.1) is 0 Å². The molecular formula is C12H26N2O2. The summed E-state index contributed by atoms with van der Waals surface area (Å²) in [7, 11) is 1.96. The van der Waals surface area contributed by atoms with Gasteiger partial charge in [0.25, 0.3) is 0 Å². The number of hydrogen-bond donors (Lipinski definition) is 2. The summed E-state index contributed by atoms with van der Waals surface area (Å²) in [6.45, 7) is 6.43. The molecule has 4 heteroatoms. The molecule has 2 N–H and O–H groups in total. The number of aliphatic hydroxyl groups excluding tert-OH is 1. The van der Waals surface area contributed by atoms with Gasteiger partial charge in [0.15, 0.2) is 0 Å². The molecule has 0 aliphatic carbocycles. The molecule has 1 rings (SSSR count). The fourth-order valence-electron chi connectivity index (χ4n) is 2.20. The Morgan fingerprint density at radius 3 is 2.88 bits per heavy atom. The summed E-state index contributed by atoms with van der Waals surface area (Å²) in [4.78, 5) is 2.41. The lowest BCUT2D eigenvalue weighted by atomic mass is 10.1. The van der Waals surface area contributed by atoms with E-state index in [1.807, 2.05) is 7.05 Å². The molecule has 1 saturated heterocycles. The van der Waals surface area contributed by atoms with Crippen LogP contribution in [-0.4, -0.2) is 62.0 Å². The lowest BCUT2D eigenvalue weighted by molar-refractivity contribution is 0.0706. The molecule has 0 radical (unpaired) electrons. The smallest absolute Gasteiger partial charge is 0.0702 e. The second kappa shape index (κ2) is 8.01. The van der Waals surface area contributed by atoms with E-state index < -0.39 is 0 Å². The van der Waals surface area contributed by atoms with Crippen LogP contribution in [0.5, 0.6) is 0 Å². The average molecular weight is 230 g/mol. The van der Waals surface area contributed by atoms with Gasteiger partial charge in [0.1, 0.15) is 0 Å². The van der Waals surface area contributed by atoms with E-state index in [-0.39, 0.29) is 6.61 Å². The van der Waals surface area contributed by atoms with Gasteiger partial charge in [0.05, 0.1) is 6.10 Å². The van der Waals surface area contributed by atoms with Gasteiger partial charge in [-0.2, -0.15) is 0 Å². The van der Waals surface area contributed by atoms with Crippen molar-refractivity contribution >= 4 is 0 Å². The van der Waals surface area contributed by atoms with Crippen molar-refractivity contribution in [3.8, 4) is 0 Å². The van der Waals surface area contributed by atoms with E-state index in [1.54, 1.807) is 0 Å². The molecule has 0 aromatic heterocycles. The van der Waals surface area contributed by atoms with Crippen molar-refractivity contribution in [2.24, 2.45) is 0 Å². The molecule has 1 heterocycles. The minimum absolute atomic E-state index is 0.253. The highest BCUT2D eigenvalue weighted by atomic mass is 16.5. The third-order valence-corrected chi connectivity index (χ3v) is 3.30. The zero-order valence-electron chi connectivity index (χ0n) is 10.6. The fourth-order valence-corrected chi connectivity index (χ4v) is 2.20. The highest BCUT2D eigenvalue weighted by Crippen LogP contribution is 2.13. The first-order chi connectivity index (χ1) is 7.80. The summed E-state index contributed by atoms with van der Waals surface area (Å²) in [5, 5.41) is 12.2. The minimum Gasteiger partial charge on any atom is -0.396 e. The first-order valence-electron chi connectivity index (χ1n) is 6.42. The van der Waals surface area contributed by atoms with Crippen LogP contribution in [0.2, 0.25) is 0 Å². The molecule has 1 aliphatic heterocycles. The summed E-state index contributed by atoms with van der Waals surface area (Å²) in [5.74, 6) is 0. The Morgan fingerprint density at radius 2 is 2.38 bits per heavy atom. The van der Waals surface area contributed by atoms with Crippen LogP contribution in [0.3, 0.4) is 0 Å². The van der Waals surface area contributed by atoms with Gasteiger partial charge in [0.2, 0.25) is 0 Å². The number of nitrogens with one attached hydrogen (secondary N) is 1. The summed E-state index contributed by atoms with van der Waals surface area (Å²) in [5.41, 5.74) is 0. The highest BCUT2D eigenvalue weighted by Gasteiger charge is 2.19. The predicted octanol–water partition coefficient (Wildman–Crippen LogP) is 0.458. The SMILES string of the molecule is CCN(CC(CCO)NC)CC1CCCO1. The molecule has 96 valence electrons. The number of likely N-dealkylation sites (N-methyl/N-ethyl adjacent to an activating group) is 2. The molecule has 2 unspecified atom stereocenters. The van der Waals surface area contributed by atoms with Crippen LogP contribution in [0.25, 0.3) is 0 Å². The first kappa shape index (κ1) is 13.9.